The van der Waals surface area contributed by atoms with E-state index in [4.69, 9.17) is 5.26 Å². The van der Waals surface area contributed by atoms with Crippen molar-refractivity contribution in [1.29, 1.82) is 5.26 Å². The molecule has 0 aliphatic carbocycles. The van der Waals surface area contributed by atoms with Crippen molar-refractivity contribution in [2.45, 2.75) is 33.2 Å². The summed E-state index contributed by atoms with van der Waals surface area (Å²) in [7, 11) is 1.92. The monoisotopic (exact) mass is 216 g/mol. The Kier molecular flexibility index (Phi) is 4.52. The van der Waals surface area contributed by atoms with Gasteiger partial charge in [0, 0.05) is 6.04 Å². The maximum absolute atomic E-state index is 9.16. The molecule has 0 saturated carbocycles. The van der Waals surface area contributed by atoms with E-state index in [1.807, 2.05) is 7.05 Å². The van der Waals surface area contributed by atoms with Crippen LogP contribution >= 0.6 is 0 Å². The van der Waals surface area contributed by atoms with Crippen LogP contribution in [-0.2, 0) is 0 Å². The fraction of sp³-hybridized carbons (Fsp3) is 0.500. The first-order valence-electron chi connectivity index (χ1n) is 5.78. The van der Waals surface area contributed by atoms with E-state index < -0.39 is 0 Å². The van der Waals surface area contributed by atoms with E-state index in [1.54, 1.807) is 0 Å². The van der Waals surface area contributed by atoms with Crippen LogP contribution in [0.2, 0.25) is 0 Å². The maximum atomic E-state index is 9.16. The van der Waals surface area contributed by atoms with Gasteiger partial charge in [-0.15, -0.1) is 0 Å². The molecule has 0 bridgehead atoms. The van der Waals surface area contributed by atoms with Crippen molar-refractivity contribution in [3.63, 3.8) is 0 Å². The standard InChI is InChI=1S/C14H20N2/c1-5-12(9-15)14(16-4)13-8-10(2)6-7-11(13)3/h6-8,12,14,16H,5H2,1-4H3. The number of hydrogen-bond donors (Lipinski definition) is 1. The van der Waals surface area contributed by atoms with Crippen LogP contribution in [0.3, 0.4) is 0 Å². The molecule has 2 atom stereocenters. The van der Waals surface area contributed by atoms with Crippen LogP contribution in [0.5, 0.6) is 0 Å². The number of nitrogens with one attached hydrogen (secondary N) is 1. The Hall–Kier alpha value is -1.33. The van der Waals surface area contributed by atoms with Gasteiger partial charge in [-0.1, -0.05) is 30.7 Å². The molecule has 0 radical (unpaired) electrons. The van der Waals surface area contributed by atoms with Crippen LogP contribution in [0.15, 0.2) is 18.2 Å². The van der Waals surface area contributed by atoms with Crippen molar-refractivity contribution >= 4 is 0 Å². The van der Waals surface area contributed by atoms with Crippen molar-refractivity contribution in [3.8, 4) is 6.07 Å². The second-order valence-corrected chi connectivity index (χ2v) is 4.27. The number of nitriles is 1. The first-order valence-corrected chi connectivity index (χ1v) is 5.78. The second-order valence-electron chi connectivity index (χ2n) is 4.27. The molecule has 0 amide bonds. The maximum Gasteiger partial charge on any atom is 0.0675 e. The Balaban J connectivity index is 3.13. The molecule has 2 unspecified atom stereocenters. The van der Waals surface area contributed by atoms with Crippen molar-refractivity contribution in [3.05, 3.63) is 34.9 Å². The quantitative estimate of drug-likeness (QED) is 0.839. The predicted octanol–water partition coefficient (Wildman–Crippen LogP) is 3.11. The zero-order valence-electron chi connectivity index (χ0n) is 10.5. The summed E-state index contributed by atoms with van der Waals surface area (Å²) in [5.41, 5.74) is 3.74. The van der Waals surface area contributed by atoms with Gasteiger partial charge in [0.05, 0.1) is 12.0 Å². The zero-order chi connectivity index (χ0) is 12.1. The molecule has 2 nitrogen and oxygen atoms in total. The van der Waals surface area contributed by atoms with Crippen LogP contribution in [0.1, 0.15) is 36.1 Å². The lowest BCUT2D eigenvalue weighted by Gasteiger charge is -2.23. The predicted molar refractivity (Wildman–Crippen MR) is 67.1 cm³/mol. The highest BCUT2D eigenvalue weighted by molar-refractivity contribution is 5.34. The molecule has 1 rings (SSSR count). The Morgan fingerprint density at radius 3 is 2.56 bits per heavy atom. The van der Waals surface area contributed by atoms with Crippen molar-refractivity contribution in [2.24, 2.45) is 5.92 Å². The average molecular weight is 216 g/mol. The normalized spacial score (nSPS) is 14.2. The lowest BCUT2D eigenvalue weighted by molar-refractivity contribution is 0.447. The molecule has 0 aromatic heterocycles. The van der Waals surface area contributed by atoms with Crippen LogP contribution in [0, 0.1) is 31.1 Å². The van der Waals surface area contributed by atoms with Crippen LogP contribution in [0.25, 0.3) is 0 Å². The van der Waals surface area contributed by atoms with Gasteiger partial charge in [-0.2, -0.15) is 5.26 Å². The van der Waals surface area contributed by atoms with Gasteiger partial charge in [0.25, 0.3) is 0 Å². The fourth-order valence-corrected chi connectivity index (χ4v) is 2.07. The molecule has 16 heavy (non-hydrogen) atoms. The van der Waals surface area contributed by atoms with Gasteiger partial charge in [-0.05, 0) is 38.4 Å². The third-order valence-corrected chi connectivity index (χ3v) is 3.09. The van der Waals surface area contributed by atoms with Crippen LogP contribution in [0.4, 0.5) is 0 Å². The Morgan fingerprint density at radius 2 is 2.06 bits per heavy atom. The number of benzene rings is 1. The minimum Gasteiger partial charge on any atom is -0.312 e. The molecule has 0 spiro atoms. The van der Waals surface area contributed by atoms with E-state index in [0.717, 1.165) is 6.42 Å². The van der Waals surface area contributed by atoms with Crippen molar-refractivity contribution in [2.75, 3.05) is 7.05 Å². The van der Waals surface area contributed by atoms with Crippen LogP contribution in [-0.4, -0.2) is 7.05 Å². The van der Waals surface area contributed by atoms with E-state index in [-0.39, 0.29) is 12.0 Å². The number of rotatable bonds is 4. The topological polar surface area (TPSA) is 35.8 Å². The number of aryl methyl sites for hydroxylation is 2. The van der Waals surface area contributed by atoms with Gasteiger partial charge in [-0.25, -0.2) is 0 Å². The molecule has 1 aromatic rings. The number of hydrogen-bond acceptors (Lipinski definition) is 2. The third-order valence-electron chi connectivity index (χ3n) is 3.09. The summed E-state index contributed by atoms with van der Waals surface area (Å²) >= 11 is 0. The summed E-state index contributed by atoms with van der Waals surface area (Å²) in [6.07, 6.45) is 0.870. The lowest BCUT2D eigenvalue weighted by Crippen LogP contribution is -2.24. The molecule has 2 heteroatoms. The summed E-state index contributed by atoms with van der Waals surface area (Å²) in [4.78, 5) is 0. The highest BCUT2D eigenvalue weighted by atomic mass is 14.9. The van der Waals surface area contributed by atoms with Gasteiger partial charge >= 0.3 is 0 Å². The summed E-state index contributed by atoms with van der Waals surface area (Å²) < 4.78 is 0. The average Bonchev–Trinajstić information content (AvgIpc) is 2.29. The minimum absolute atomic E-state index is 0.0329. The highest BCUT2D eigenvalue weighted by Crippen LogP contribution is 2.27. The second kappa shape index (κ2) is 5.67. The molecule has 86 valence electrons. The highest BCUT2D eigenvalue weighted by Gasteiger charge is 2.21. The summed E-state index contributed by atoms with van der Waals surface area (Å²) in [6.45, 7) is 6.25. The molecule has 0 aliphatic rings. The first-order chi connectivity index (χ1) is 7.63. The molecule has 1 N–H and O–H groups in total. The van der Waals surface area contributed by atoms with Crippen LogP contribution < -0.4 is 5.32 Å². The summed E-state index contributed by atoms with van der Waals surface area (Å²) in [5.74, 6) is 0.0329. The van der Waals surface area contributed by atoms with E-state index in [9.17, 15) is 0 Å². The summed E-state index contributed by atoms with van der Waals surface area (Å²) in [6, 6.07) is 8.93. The van der Waals surface area contributed by atoms with Crippen molar-refractivity contribution < 1.29 is 0 Å². The number of nitrogens with zero attached hydrogens (tertiary/aromatic N) is 1. The molecule has 1 aromatic carbocycles. The molecule has 0 saturated heterocycles. The molecule has 0 aliphatic heterocycles. The summed E-state index contributed by atoms with van der Waals surface area (Å²) in [5, 5.41) is 12.4. The Labute approximate surface area is 98.3 Å². The smallest absolute Gasteiger partial charge is 0.0675 e. The Morgan fingerprint density at radius 1 is 1.38 bits per heavy atom. The first kappa shape index (κ1) is 12.7. The molecule has 0 heterocycles. The van der Waals surface area contributed by atoms with E-state index in [1.165, 1.54) is 16.7 Å². The van der Waals surface area contributed by atoms with Crippen molar-refractivity contribution in [1.82, 2.24) is 5.32 Å². The van der Waals surface area contributed by atoms with Gasteiger partial charge in [0.15, 0.2) is 0 Å². The molecular formula is C14H20N2. The Bertz CT molecular complexity index is 390. The SMILES string of the molecule is CCC(C#N)C(NC)c1cc(C)ccc1C. The molecule has 0 fully saturated rings. The minimum atomic E-state index is 0.0329. The lowest BCUT2D eigenvalue weighted by atomic mass is 9.89. The van der Waals surface area contributed by atoms with E-state index >= 15 is 0 Å². The van der Waals surface area contributed by atoms with E-state index in [2.05, 4.69) is 50.4 Å². The van der Waals surface area contributed by atoms with Gasteiger partial charge < -0.3 is 5.32 Å². The van der Waals surface area contributed by atoms with Gasteiger partial charge in [-0.3, -0.25) is 0 Å². The van der Waals surface area contributed by atoms with Gasteiger partial charge in [0.2, 0.25) is 0 Å². The third kappa shape index (κ3) is 2.62. The largest absolute Gasteiger partial charge is 0.312 e. The van der Waals surface area contributed by atoms with E-state index in [0.29, 0.717) is 0 Å². The fourth-order valence-electron chi connectivity index (χ4n) is 2.07. The van der Waals surface area contributed by atoms with Gasteiger partial charge in [0.1, 0.15) is 0 Å². The molecular weight excluding hydrogens is 196 g/mol. The zero-order valence-corrected chi connectivity index (χ0v) is 10.5.